The minimum Gasteiger partial charge on any atom is -0.510 e. The van der Waals surface area contributed by atoms with Gasteiger partial charge in [-0.05, 0) is 51.9 Å². The van der Waals surface area contributed by atoms with Crippen molar-refractivity contribution < 1.29 is 30.4 Å². The molecule has 1 aliphatic rings. The second-order valence-electron chi connectivity index (χ2n) is 15.7. The standard InChI is InChI=1S/C48H38N4OSi.CH3.Pt/c1-48(2,3)33-26-27-49-45(28-33)52-41-29-35(22-24-38(41)39-19-12-18-37(46(39)52)32-14-8-6-9-15-32)53-36-23-25-43-42(30-36)51-31-50(34-16-10-7-11-17-34)40-20-13-21-44(47(40)51)54(43,4)5;;/h6-28H,1-5H3;1H3;/q-2;-1;+4. The smallest absolute Gasteiger partial charge is 0.510 e. The molecule has 0 N–H and O–H groups in total. The van der Waals surface area contributed by atoms with Crippen LogP contribution < -0.4 is 19.7 Å². The maximum Gasteiger partial charge on any atom is 4.00 e. The molecular formula is C49H41N4OPtSi+. The predicted octanol–water partition coefficient (Wildman–Crippen LogP) is 10.1. The molecule has 0 radical (unpaired) electrons. The van der Waals surface area contributed by atoms with Gasteiger partial charge in [-0.15, -0.1) is 34.8 Å². The van der Waals surface area contributed by atoms with Crippen LogP contribution in [-0.2, 0) is 26.5 Å². The molecule has 5 nitrogen and oxygen atoms in total. The van der Waals surface area contributed by atoms with Crippen molar-refractivity contribution in [3.05, 3.63) is 171 Å². The van der Waals surface area contributed by atoms with Crippen LogP contribution in [0, 0.1) is 25.9 Å². The van der Waals surface area contributed by atoms with Gasteiger partial charge in [-0.1, -0.05) is 129 Å². The molecule has 0 spiro atoms. The van der Waals surface area contributed by atoms with Gasteiger partial charge in [-0.3, -0.25) is 4.57 Å². The number of imidazole rings is 1. The fourth-order valence-electron chi connectivity index (χ4n) is 8.18. The summed E-state index contributed by atoms with van der Waals surface area (Å²) in [7, 11) is -2.08. The Kier molecular flexibility index (Phi) is 9.26. The Balaban J connectivity index is 0.00000220. The molecule has 0 unspecified atom stereocenters. The molecule has 3 aromatic heterocycles. The predicted molar refractivity (Wildman–Crippen MR) is 227 cm³/mol. The number of aromatic nitrogens is 4. The second-order valence-corrected chi connectivity index (χ2v) is 20.1. The van der Waals surface area contributed by atoms with Crippen LogP contribution in [0.25, 0.3) is 61.2 Å². The molecule has 276 valence electrons. The largest absolute Gasteiger partial charge is 4.00 e. The van der Waals surface area contributed by atoms with E-state index in [1.54, 1.807) is 0 Å². The summed E-state index contributed by atoms with van der Waals surface area (Å²) in [5, 5.41) is 4.93. The average molecular weight is 925 g/mol. The molecule has 9 aromatic rings. The van der Waals surface area contributed by atoms with Gasteiger partial charge >= 0.3 is 21.1 Å². The van der Waals surface area contributed by atoms with Gasteiger partial charge < -0.3 is 21.3 Å². The quantitative estimate of drug-likeness (QED) is 0.0980. The normalized spacial score (nSPS) is 12.9. The number of hydrogen-bond acceptors (Lipinski definition) is 2. The first-order valence-corrected chi connectivity index (χ1v) is 21.5. The Morgan fingerprint density at radius 3 is 2.18 bits per heavy atom. The molecule has 0 atom stereocenters. The number of hydrogen-bond donors (Lipinski definition) is 0. The van der Waals surface area contributed by atoms with Crippen LogP contribution in [0.5, 0.6) is 11.5 Å². The molecule has 0 saturated heterocycles. The Morgan fingerprint density at radius 2 is 1.41 bits per heavy atom. The molecule has 1 aliphatic heterocycles. The van der Waals surface area contributed by atoms with Gasteiger partial charge in [-0.25, -0.2) is 4.98 Å². The number of fused-ring (bicyclic) bond motifs is 5. The van der Waals surface area contributed by atoms with Crippen molar-refractivity contribution in [1.29, 1.82) is 0 Å². The molecule has 10 rings (SSSR count). The number of pyridine rings is 1. The fourth-order valence-corrected chi connectivity index (χ4v) is 11.1. The van der Waals surface area contributed by atoms with Crippen molar-refractivity contribution in [2.45, 2.75) is 39.3 Å². The number of nitrogens with zero attached hydrogens (tertiary/aromatic N) is 4. The van der Waals surface area contributed by atoms with Gasteiger partial charge in [0.1, 0.15) is 5.82 Å². The molecule has 0 saturated carbocycles. The van der Waals surface area contributed by atoms with Crippen molar-refractivity contribution in [2.75, 3.05) is 0 Å². The van der Waals surface area contributed by atoms with E-state index in [9.17, 15) is 0 Å². The Morgan fingerprint density at radius 1 is 0.696 bits per heavy atom. The molecule has 0 amide bonds. The summed E-state index contributed by atoms with van der Waals surface area (Å²) in [5.74, 6) is 2.10. The van der Waals surface area contributed by atoms with Crippen LogP contribution in [0.15, 0.2) is 140 Å². The molecule has 4 heterocycles. The third kappa shape index (κ3) is 5.86. The summed E-state index contributed by atoms with van der Waals surface area (Å²) in [4.78, 5) is 4.96. The Hall–Kier alpha value is -5.55. The van der Waals surface area contributed by atoms with Gasteiger partial charge in [0.25, 0.3) is 6.33 Å². The first kappa shape index (κ1) is 37.4. The van der Waals surface area contributed by atoms with Gasteiger partial charge in [0.05, 0.1) is 16.7 Å². The van der Waals surface area contributed by atoms with Crippen LogP contribution >= 0.6 is 0 Å². The third-order valence-corrected chi connectivity index (χ3v) is 14.5. The van der Waals surface area contributed by atoms with Gasteiger partial charge in [0, 0.05) is 36.8 Å². The van der Waals surface area contributed by atoms with E-state index < -0.39 is 8.07 Å². The van der Waals surface area contributed by atoms with Crippen LogP contribution in [0.3, 0.4) is 0 Å². The maximum atomic E-state index is 6.71. The van der Waals surface area contributed by atoms with Crippen LogP contribution in [0.2, 0.25) is 13.1 Å². The Labute approximate surface area is 344 Å². The van der Waals surface area contributed by atoms with Crippen LogP contribution in [-0.4, -0.2) is 22.2 Å². The average Bonchev–Trinajstić information content (AvgIpc) is 3.74. The monoisotopic (exact) mass is 924 g/mol. The van der Waals surface area contributed by atoms with Crippen molar-refractivity contribution in [3.63, 3.8) is 0 Å². The fraction of sp³-hybridized carbons (Fsp3) is 0.122. The van der Waals surface area contributed by atoms with Crippen molar-refractivity contribution in [2.24, 2.45) is 0 Å². The van der Waals surface area contributed by atoms with Crippen LogP contribution in [0.1, 0.15) is 26.3 Å². The second kappa shape index (κ2) is 13.9. The zero-order valence-electron chi connectivity index (χ0n) is 32.3. The summed E-state index contributed by atoms with van der Waals surface area (Å²) in [6.45, 7) is 11.6. The van der Waals surface area contributed by atoms with E-state index in [0.29, 0.717) is 11.5 Å². The van der Waals surface area contributed by atoms with E-state index in [1.807, 2.05) is 18.3 Å². The molecule has 0 fully saturated rings. The zero-order valence-corrected chi connectivity index (χ0v) is 35.6. The van der Waals surface area contributed by atoms with E-state index >= 15 is 0 Å². The number of benzene rings is 6. The summed E-state index contributed by atoms with van der Waals surface area (Å²) >= 11 is 0. The van der Waals surface area contributed by atoms with Crippen molar-refractivity contribution in [3.8, 4) is 39.8 Å². The van der Waals surface area contributed by atoms with Crippen molar-refractivity contribution >= 4 is 51.3 Å². The van der Waals surface area contributed by atoms with E-state index in [2.05, 4.69) is 187 Å². The molecule has 0 aliphatic carbocycles. The van der Waals surface area contributed by atoms with E-state index in [0.717, 1.165) is 55.6 Å². The number of ether oxygens (including phenoxy) is 1. The minimum atomic E-state index is -2.08. The third-order valence-electron chi connectivity index (χ3n) is 11.0. The summed E-state index contributed by atoms with van der Waals surface area (Å²) in [6.07, 6.45) is 5.60. The first-order valence-electron chi connectivity index (χ1n) is 18.5. The minimum absolute atomic E-state index is 0. The topological polar surface area (TPSA) is 35.9 Å². The first-order chi connectivity index (χ1) is 26.2. The molecule has 0 bridgehead atoms. The summed E-state index contributed by atoms with van der Waals surface area (Å²) < 4.78 is 13.3. The van der Waals surface area contributed by atoms with E-state index in [4.69, 9.17) is 9.72 Å². The van der Waals surface area contributed by atoms with E-state index in [-0.39, 0.29) is 33.9 Å². The van der Waals surface area contributed by atoms with Gasteiger partial charge in [-0.2, -0.15) is 12.1 Å². The molecule has 7 heteroatoms. The van der Waals surface area contributed by atoms with Gasteiger partial charge in [0.2, 0.25) is 0 Å². The maximum absolute atomic E-state index is 6.71. The summed E-state index contributed by atoms with van der Waals surface area (Å²) in [6, 6.07) is 54.4. The SMILES string of the molecule is CC(C)(C)c1ccnc(-n2c3[c-]c(Oc4[c-]c5c(cc4)[Si](C)(C)c4cccc6c4n-5[c-][n+]6-c4ccccc4)ccc3c3cccc(-c4ccccc4)c32)c1.[CH3-].[Pt+4]. The molecule has 56 heavy (non-hydrogen) atoms. The zero-order chi connectivity index (χ0) is 36.8. The summed E-state index contributed by atoms with van der Waals surface area (Å²) in [5.41, 5.74) is 9.86. The van der Waals surface area contributed by atoms with Gasteiger partial charge in [0.15, 0.2) is 0 Å². The van der Waals surface area contributed by atoms with E-state index in [1.165, 1.54) is 21.5 Å². The number of para-hydroxylation sites is 3. The molecular weight excluding hydrogens is 884 g/mol. The number of rotatable bonds is 5. The molecule has 6 aromatic carbocycles. The Bertz CT molecular complexity index is 2920. The van der Waals surface area contributed by atoms with Crippen LogP contribution in [0.4, 0.5) is 0 Å². The van der Waals surface area contributed by atoms with Crippen molar-refractivity contribution in [1.82, 2.24) is 14.1 Å².